The predicted octanol–water partition coefficient (Wildman–Crippen LogP) is 2.49. The van der Waals surface area contributed by atoms with Gasteiger partial charge in [0.1, 0.15) is 11.8 Å². The van der Waals surface area contributed by atoms with Crippen molar-refractivity contribution in [3.8, 4) is 11.5 Å². The Morgan fingerprint density at radius 2 is 2.19 bits per heavy atom. The summed E-state index contributed by atoms with van der Waals surface area (Å²) in [6.45, 7) is 0.445. The van der Waals surface area contributed by atoms with E-state index in [1.165, 1.54) is 0 Å². The SMILES string of the molecule is Cl.NC[C@H]1CC[C@@H](C(=O)Nc2ccc3nc(-c4ccccn4)[nH]c3c2)O1. The van der Waals surface area contributed by atoms with Crippen molar-refractivity contribution in [1.29, 1.82) is 0 Å². The number of nitrogens with one attached hydrogen (secondary N) is 2. The third-order valence-corrected chi connectivity index (χ3v) is 4.32. The van der Waals surface area contributed by atoms with Crippen molar-refractivity contribution in [2.45, 2.75) is 25.0 Å². The Bertz CT molecular complexity index is 899. The Kier molecular flexibility index (Phi) is 5.51. The molecule has 136 valence electrons. The molecule has 8 heteroatoms. The van der Waals surface area contributed by atoms with Crippen LogP contribution in [0.3, 0.4) is 0 Å². The molecule has 0 aliphatic carbocycles. The predicted molar refractivity (Wildman–Crippen MR) is 102 cm³/mol. The lowest BCUT2D eigenvalue weighted by Gasteiger charge is -2.12. The van der Waals surface area contributed by atoms with Gasteiger partial charge in [-0.05, 0) is 43.2 Å². The van der Waals surface area contributed by atoms with E-state index < -0.39 is 6.10 Å². The number of fused-ring (bicyclic) bond motifs is 1. The molecule has 3 heterocycles. The Hall–Kier alpha value is -2.48. The first-order valence-corrected chi connectivity index (χ1v) is 8.30. The molecule has 26 heavy (non-hydrogen) atoms. The molecule has 0 unspecified atom stereocenters. The first-order valence-electron chi connectivity index (χ1n) is 8.30. The van der Waals surface area contributed by atoms with E-state index in [9.17, 15) is 4.79 Å². The summed E-state index contributed by atoms with van der Waals surface area (Å²) < 4.78 is 5.63. The second kappa shape index (κ2) is 7.82. The number of ether oxygens (including phenoxy) is 1. The van der Waals surface area contributed by atoms with Gasteiger partial charge in [-0.2, -0.15) is 0 Å². The molecule has 7 nitrogen and oxygen atoms in total. The molecule has 0 radical (unpaired) electrons. The van der Waals surface area contributed by atoms with Gasteiger partial charge in [0.15, 0.2) is 5.82 Å². The second-order valence-electron chi connectivity index (χ2n) is 6.08. The van der Waals surface area contributed by atoms with Crippen molar-refractivity contribution in [1.82, 2.24) is 15.0 Å². The molecule has 0 bridgehead atoms. The van der Waals surface area contributed by atoms with Crippen LogP contribution in [0.2, 0.25) is 0 Å². The number of carbonyl (C=O) groups is 1. The lowest BCUT2D eigenvalue weighted by Crippen LogP contribution is -2.29. The molecular formula is C18H20ClN5O2. The quantitative estimate of drug-likeness (QED) is 0.651. The van der Waals surface area contributed by atoms with Crippen molar-refractivity contribution >= 4 is 35.0 Å². The van der Waals surface area contributed by atoms with E-state index in [4.69, 9.17) is 10.5 Å². The molecule has 4 N–H and O–H groups in total. The van der Waals surface area contributed by atoms with E-state index in [0.717, 1.165) is 23.1 Å². The fourth-order valence-electron chi connectivity index (χ4n) is 3.01. The van der Waals surface area contributed by atoms with E-state index in [0.29, 0.717) is 24.5 Å². The summed E-state index contributed by atoms with van der Waals surface area (Å²) in [7, 11) is 0. The van der Waals surface area contributed by atoms with Gasteiger partial charge in [0.05, 0.1) is 17.1 Å². The molecule has 1 amide bonds. The van der Waals surface area contributed by atoms with Gasteiger partial charge >= 0.3 is 0 Å². The van der Waals surface area contributed by atoms with Gasteiger partial charge in [0.2, 0.25) is 0 Å². The van der Waals surface area contributed by atoms with Crippen molar-refractivity contribution in [3.63, 3.8) is 0 Å². The maximum absolute atomic E-state index is 12.3. The number of rotatable bonds is 4. The number of nitrogens with two attached hydrogens (primary N) is 1. The summed E-state index contributed by atoms with van der Waals surface area (Å²) >= 11 is 0. The molecule has 2 aromatic heterocycles. The van der Waals surface area contributed by atoms with Crippen LogP contribution < -0.4 is 11.1 Å². The van der Waals surface area contributed by atoms with Crippen LogP contribution in [0, 0.1) is 0 Å². The molecule has 3 aromatic rings. The van der Waals surface area contributed by atoms with E-state index >= 15 is 0 Å². The topological polar surface area (TPSA) is 106 Å². The number of hydrogen-bond donors (Lipinski definition) is 3. The highest BCUT2D eigenvalue weighted by Crippen LogP contribution is 2.23. The number of halogens is 1. The van der Waals surface area contributed by atoms with Crippen LogP contribution in [0.4, 0.5) is 5.69 Å². The highest BCUT2D eigenvalue weighted by atomic mass is 35.5. The van der Waals surface area contributed by atoms with Crippen molar-refractivity contribution in [3.05, 3.63) is 42.6 Å². The van der Waals surface area contributed by atoms with Crippen LogP contribution in [0.15, 0.2) is 42.6 Å². The Morgan fingerprint density at radius 3 is 2.92 bits per heavy atom. The van der Waals surface area contributed by atoms with Gasteiger partial charge in [-0.1, -0.05) is 6.07 Å². The number of amides is 1. The number of benzene rings is 1. The maximum atomic E-state index is 12.3. The second-order valence-corrected chi connectivity index (χ2v) is 6.08. The third-order valence-electron chi connectivity index (χ3n) is 4.32. The van der Waals surface area contributed by atoms with Gasteiger partial charge in [-0.25, -0.2) is 4.98 Å². The smallest absolute Gasteiger partial charge is 0.253 e. The van der Waals surface area contributed by atoms with E-state index in [-0.39, 0.29) is 24.4 Å². The number of imidazole rings is 1. The third kappa shape index (κ3) is 3.70. The van der Waals surface area contributed by atoms with Crippen LogP contribution in [-0.2, 0) is 9.53 Å². The standard InChI is InChI=1S/C18H19N5O2.ClH/c19-10-12-5-7-16(25-12)18(24)21-11-4-6-13-15(9-11)23-17(22-13)14-3-1-2-8-20-14;/h1-4,6,8-9,12,16H,5,7,10,19H2,(H,21,24)(H,22,23);1H/t12-,16+;/m1./s1. The fraction of sp³-hybridized carbons (Fsp3) is 0.278. The van der Waals surface area contributed by atoms with Gasteiger partial charge in [-0.15, -0.1) is 12.4 Å². The average molecular weight is 374 g/mol. The minimum absolute atomic E-state index is 0. The van der Waals surface area contributed by atoms with Crippen LogP contribution in [-0.4, -0.2) is 39.6 Å². The summed E-state index contributed by atoms with van der Waals surface area (Å²) in [4.78, 5) is 24.4. The molecule has 1 aromatic carbocycles. The van der Waals surface area contributed by atoms with Gasteiger partial charge in [-0.3, -0.25) is 9.78 Å². The maximum Gasteiger partial charge on any atom is 0.253 e. The van der Waals surface area contributed by atoms with Crippen molar-refractivity contribution in [2.75, 3.05) is 11.9 Å². The number of aromatic nitrogens is 3. The van der Waals surface area contributed by atoms with Crippen molar-refractivity contribution < 1.29 is 9.53 Å². The van der Waals surface area contributed by atoms with Crippen molar-refractivity contribution in [2.24, 2.45) is 5.73 Å². The molecular weight excluding hydrogens is 354 g/mol. The highest BCUT2D eigenvalue weighted by Gasteiger charge is 2.29. The number of aromatic amines is 1. The zero-order chi connectivity index (χ0) is 17.2. The molecule has 2 atom stereocenters. The Labute approximate surface area is 156 Å². The largest absolute Gasteiger partial charge is 0.364 e. The van der Waals surface area contributed by atoms with Crippen LogP contribution in [0.25, 0.3) is 22.6 Å². The minimum atomic E-state index is -0.435. The molecule has 1 fully saturated rings. The zero-order valence-corrected chi connectivity index (χ0v) is 14.8. The number of pyridine rings is 1. The zero-order valence-electron chi connectivity index (χ0n) is 14.0. The summed E-state index contributed by atoms with van der Waals surface area (Å²) in [5, 5.41) is 2.90. The fourth-order valence-corrected chi connectivity index (χ4v) is 3.01. The van der Waals surface area contributed by atoms with E-state index in [1.807, 2.05) is 36.4 Å². The van der Waals surface area contributed by atoms with Gasteiger partial charge in [0.25, 0.3) is 5.91 Å². The number of H-pyrrole nitrogens is 1. The Morgan fingerprint density at radius 1 is 1.31 bits per heavy atom. The summed E-state index contributed by atoms with van der Waals surface area (Å²) in [5.74, 6) is 0.559. The lowest BCUT2D eigenvalue weighted by molar-refractivity contribution is -0.126. The Balaban J connectivity index is 0.00000196. The summed E-state index contributed by atoms with van der Waals surface area (Å²) in [6, 6.07) is 11.2. The summed E-state index contributed by atoms with van der Waals surface area (Å²) in [6.07, 6.45) is 2.79. The number of hydrogen-bond acceptors (Lipinski definition) is 5. The molecule has 0 spiro atoms. The normalized spacial score (nSPS) is 19.3. The van der Waals surface area contributed by atoms with Crippen LogP contribution >= 0.6 is 12.4 Å². The van der Waals surface area contributed by atoms with Crippen LogP contribution in [0.5, 0.6) is 0 Å². The molecule has 1 aliphatic rings. The van der Waals surface area contributed by atoms with E-state index in [2.05, 4.69) is 20.3 Å². The van der Waals surface area contributed by atoms with Crippen LogP contribution in [0.1, 0.15) is 12.8 Å². The molecule has 4 rings (SSSR count). The number of anilines is 1. The number of carbonyl (C=O) groups excluding carboxylic acids is 1. The van der Waals surface area contributed by atoms with Gasteiger partial charge < -0.3 is 20.8 Å². The lowest BCUT2D eigenvalue weighted by atomic mass is 10.2. The summed E-state index contributed by atoms with van der Waals surface area (Å²) in [5.41, 5.74) is 8.72. The minimum Gasteiger partial charge on any atom is -0.364 e. The highest BCUT2D eigenvalue weighted by molar-refractivity contribution is 5.96. The average Bonchev–Trinajstić information content (AvgIpc) is 3.29. The van der Waals surface area contributed by atoms with E-state index in [1.54, 1.807) is 6.20 Å². The first kappa shape index (κ1) is 18.3. The number of nitrogens with zero attached hydrogens (tertiary/aromatic N) is 2. The monoisotopic (exact) mass is 373 g/mol. The van der Waals surface area contributed by atoms with Gasteiger partial charge in [0, 0.05) is 18.4 Å². The first-order chi connectivity index (χ1) is 12.2. The molecule has 1 saturated heterocycles. The molecule has 1 aliphatic heterocycles. The molecule has 0 saturated carbocycles.